The second-order valence-electron chi connectivity index (χ2n) is 4.32. The van der Waals surface area contributed by atoms with Crippen LogP contribution in [0.4, 0.5) is 0 Å². The van der Waals surface area contributed by atoms with E-state index in [1.54, 1.807) is 0 Å². The van der Waals surface area contributed by atoms with E-state index in [2.05, 4.69) is 13.8 Å². The smallest absolute Gasteiger partial charge is 0.152 e. The molecule has 0 atom stereocenters. The predicted octanol–water partition coefficient (Wildman–Crippen LogP) is 2.26. The number of hydrogen-bond acceptors (Lipinski definition) is 2. The van der Waals surface area contributed by atoms with Crippen LogP contribution in [0.2, 0.25) is 0 Å². The fourth-order valence-electron chi connectivity index (χ4n) is 1.88. The molecule has 0 radical (unpaired) electrons. The zero-order valence-corrected chi connectivity index (χ0v) is 8.81. The summed E-state index contributed by atoms with van der Waals surface area (Å²) < 4.78 is 0. The molecule has 13 heavy (non-hydrogen) atoms. The molecule has 1 aliphatic carbocycles. The molecule has 0 heterocycles. The predicted molar refractivity (Wildman–Crippen MR) is 54.5 cm³/mol. The molecule has 1 fully saturated rings. The molecule has 0 aliphatic heterocycles. The van der Waals surface area contributed by atoms with Crippen molar-refractivity contribution in [2.75, 3.05) is 0 Å². The molecular weight excluding hydrogens is 162 g/mol. The molecule has 0 saturated heterocycles. The molecule has 0 unspecified atom stereocenters. The Bertz CT molecular complexity index is 181. The Kier molecular flexibility index (Phi) is 3.48. The maximum Gasteiger partial charge on any atom is 0.152 e. The number of carbonyl (C=O) groups is 1. The van der Waals surface area contributed by atoms with E-state index >= 15 is 0 Å². The summed E-state index contributed by atoms with van der Waals surface area (Å²) in [5.74, 6) is 0.848. The van der Waals surface area contributed by atoms with Gasteiger partial charge in [-0.1, -0.05) is 26.7 Å². The molecule has 1 saturated carbocycles. The molecule has 2 nitrogen and oxygen atoms in total. The van der Waals surface area contributed by atoms with Crippen LogP contribution < -0.4 is 5.73 Å². The average Bonchev–Trinajstić information content (AvgIpc) is 2.09. The Balaban J connectivity index is 2.39. The van der Waals surface area contributed by atoms with Gasteiger partial charge < -0.3 is 5.73 Å². The maximum atomic E-state index is 11.8. The second kappa shape index (κ2) is 4.23. The third kappa shape index (κ3) is 2.31. The largest absolute Gasteiger partial charge is 0.319 e. The topological polar surface area (TPSA) is 43.1 Å². The molecule has 0 aromatic heterocycles. The molecule has 2 heteroatoms. The Morgan fingerprint density at radius 1 is 1.38 bits per heavy atom. The van der Waals surface area contributed by atoms with E-state index in [4.69, 9.17) is 5.73 Å². The molecule has 1 aliphatic rings. The quantitative estimate of drug-likeness (QED) is 0.710. The Hall–Kier alpha value is -0.370. The van der Waals surface area contributed by atoms with E-state index in [-0.39, 0.29) is 0 Å². The van der Waals surface area contributed by atoms with Crippen molar-refractivity contribution in [3.63, 3.8) is 0 Å². The van der Waals surface area contributed by atoms with E-state index in [1.165, 1.54) is 0 Å². The second-order valence-corrected chi connectivity index (χ2v) is 4.32. The first kappa shape index (κ1) is 10.7. The van der Waals surface area contributed by atoms with Gasteiger partial charge >= 0.3 is 0 Å². The molecule has 0 amide bonds. The molecule has 76 valence electrons. The highest BCUT2D eigenvalue weighted by Gasteiger charge is 2.39. The lowest BCUT2D eigenvalue weighted by Crippen LogP contribution is -2.53. The van der Waals surface area contributed by atoms with Gasteiger partial charge in [-0.05, 0) is 25.2 Å². The van der Waals surface area contributed by atoms with Gasteiger partial charge in [0.05, 0.1) is 5.54 Å². The lowest BCUT2D eigenvalue weighted by molar-refractivity contribution is -0.128. The highest BCUT2D eigenvalue weighted by molar-refractivity contribution is 5.89. The normalized spacial score (nSPS) is 20.0. The van der Waals surface area contributed by atoms with Crippen molar-refractivity contribution in [2.45, 2.75) is 57.9 Å². The van der Waals surface area contributed by atoms with Crippen LogP contribution in [0.5, 0.6) is 0 Å². The fraction of sp³-hybridized carbons (Fsp3) is 0.909. The van der Waals surface area contributed by atoms with Gasteiger partial charge in [0.15, 0.2) is 5.78 Å². The summed E-state index contributed by atoms with van der Waals surface area (Å²) in [4.78, 5) is 11.8. The van der Waals surface area contributed by atoms with E-state index in [9.17, 15) is 4.79 Å². The van der Waals surface area contributed by atoms with E-state index in [0.717, 1.165) is 32.1 Å². The molecule has 0 spiro atoms. The molecule has 2 N–H and O–H groups in total. The van der Waals surface area contributed by atoms with E-state index < -0.39 is 5.54 Å². The number of nitrogens with two attached hydrogens (primary N) is 1. The highest BCUT2D eigenvalue weighted by atomic mass is 16.1. The summed E-state index contributed by atoms with van der Waals surface area (Å²) in [6, 6.07) is 0. The van der Waals surface area contributed by atoms with Crippen LogP contribution in [0.3, 0.4) is 0 Å². The number of hydrogen-bond donors (Lipinski definition) is 1. The third-order valence-corrected chi connectivity index (χ3v) is 3.43. The summed E-state index contributed by atoms with van der Waals surface area (Å²) >= 11 is 0. The van der Waals surface area contributed by atoms with E-state index in [1.807, 2.05) is 0 Å². The summed E-state index contributed by atoms with van der Waals surface area (Å²) in [7, 11) is 0. The standard InChI is InChI=1S/C11H21NO/c1-3-9(4-2)8-10(13)11(12)6-5-7-11/h9H,3-8,12H2,1-2H3. The van der Waals surface area contributed by atoms with Gasteiger partial charge in [-0.3, -0.25) is 4.79 Å². The maximum absolute atomic E-state index is 11.8. The molecular formula is C11H21NO. The summed E-state index contributed by atoms with van der Waals surface area (Å²) in [5.41, 5.74) is 5.53. The van der Waals surface area contributed by atoms with Crippen LogP contribution in [-0.2, 0) is 4.79 Å². The minimum atomic E-state index is -0.428. The van der Waals surface area contributed by atoms with Crippen molar-refractivity contribution in [1.82, 2.24) is 0 Å². The van der Waals surface area contributed by atoms with Crippen molar-refractivity contribution in [1.29, 1.82) is 0 Å². The molecule has 0 aromatic rings. The number of rotatable bonds is 5. The highest BCUT2D eigenvalue weighted by Crippen LogP contribution is 2.32. The van der Waals surface area contributed by atoms with Crippen LogP contribution in [0, 0.1) is 5.92 Å². The lowest BCUT2D eigenvalue weighted by Gasteiger charge is -2.37. The SMILES string of the molecule is CCC(CC)CC(=O)C1(N)CCC1. The summed E-state index contributed by atoms with van der Waals surface area (Å²) in [6.07, 6.45) is 5.84. The van der Waals surface area contributed by atoms with Gasteiger partial charge in [0.1, 0.15) is 0 Å². The van der Waals surface area contributed by atoms with Crippen molar-refractivity contribution < 1.29 is 4.79 Å². The molecule has 0 aromatic carbocycles. The minimum Gasteiger partial charge on any atom is -0.319 e. The van der Waals surface area contributed by atoms with Gasteiger partial charge in [-0.2, -0.15) is 0 Å². The minimum absolute atomic E-state index is 0.299. The van der Waals surface area contributed by atoms with Gasteiger partial charge in [0, 0.05) is 6.42 Å². The number of Topliss-reactive ketones (excluding diaryl/α,β-unsaturated/α-hetero) is 1. The first-order chi connectivity index (χ1) is 6.12. The Labute approximate surface area is 80.9 Å². The summed E-state index contributed by atoms with van der Waals surface area (Å²) in [6.45, 7) is 4.29. The lowest BCUT2D eigenvalue weighted by atomic mass is 9.72. The van der Waals surface area contributed by atoms with Crippen LogP contribution in [0.1, 0.15) is 52.4 Å². The number of ketones is 1. The monoisotopic (exact) mass is 183 g/mol. The van der Waals surface area contributed by atoms with Crippen LogP contribution >= 0.6 is 0 Å². The van der Waals surface area contributed by atoms with Crippen molar-refractivity contribution in [2.24, 2.45) is 11.7 Å². The Morgan fingerprint density at radius 2 is 1.92 bits per heavy atom. The van der Waals surface area contributed by atoms with Gasteiger partial charge in [0.25, 0.3) is 0 Å². The van der Waals surface area contributed by atoms with Gasteiger partial charge in [-0.25, -0.2) is 0 Å². The Morgan fingerprint density at radius 3 is 2.23 bits per heavy atom. The molecule has 0 bridgehead atoms. The van der Waals surface area contributed by atoms with Crippen LogP contribution in [0.15, 0.2) is 0 Å². The zero-order chi connectivity index (χ0) is 9.90. The average molecular weight is 183 g/mol. The number of carbonyl (C=O) groups excluding carboxylic acids is 1. The first-order valence-electron chi connectivity index (χ1n) is 5.44. The van der Waals surface area contributed by atoms with Crippen molar-refractivity contribution in [3.05, 3.63) is 0 Å². The fourth-order valence-corrected chi connectivity index (χ4v) is 1.88. The van der Waals surface area contributed by atoms with Gasteiger partial charge in [-0.15, -0.1) is 0 Å². The van der Waals surface area contributed by atoms with Crippen molar-refractivity contribution >= 4 is 5.78 Å². The first-order valence-corrected chi connectivity index (χ1v) is 5.44. The third-order valence-electron chi connectivity index (χ3n) is 3.43. The van der Waals surface area contributed by atoms with Crippen LogP contribution in [0.25, 0.3) is 0 Å². The molecule has 1 rings (SSSR count). The van der Waals surface area contributed by atoms with E-state index in [0.29, 0.717) is 18.1 Å². The van der Waals surface area contributed by atoms with Crippen molar-refractivity contribution in [3.8, 4) is 0 Å². The zero-order valence-electron chi connectivity index (χ0n) is 8.81. The summed E-state index contributed by atoms with van der Waals surface area (Å²) in [5, 5.41) is 0. The van der Waals surface area contributed by atoms with Crippen LogP contribution in [-0.4, -0.2) is 11.3 Å². The van der Waals surface area contributed by atoms with Gasteiger partial charge in [0.2, 0.25) is 0 Å².